The highest BCUT2D eigenvalue weighted by atomic mass is 32.2. The molecule has 0 aliphatic rings. The van der Waals surface area contributed by atoms with E-state index in [1.165, 1.54) is 11.8 Å². The average Bonchev–Trinajstić information content (AvgIpc) is 2.21. The van der Waals surface area contributed by atoms with E-state index in [4.69, 9.17) is 17.3 Å². The quantitative estimate of drug-likeness (QED) is 0.460. The molecule has 0 amide bonds. The number of benzene rings is 1. The highest BCUT2D eigenvalue weighted by Crippen LogP contribution is 2.07. The molecule has 0 atom stereocenters. The van der Waals surface area contributed by atoms with Gasteiger partial charge in [-0.3, -0.25) is 5.43 Å². The summed E-state index contributed by atoms with van der Waals surface area (Å²) in [5, 5.41) is 12.9. The molecule has 74 valence electrons. The largest absolute Gasteiger partial charge is 0.508 e. The van der Waals surface area contributed by atoms with Crippen molar-refractivity contribution in [3.05, 3.63) is 29.8 Å². The zero-order valence-electron chi connectivity index (χ0n) is 7.60. The SMILES string of the molecule is CSC(=S)N/N=C\c1ccc(O)cc1. The number of aromatic hydroxyl groups is 1. The molecule has 1 aromatic carbocycles. The van der Waals surface area contributed by atoms with Crippen LogP contribution < -0.4 is 5.43 Å². The van der Waals surface area contributed by atoms with Crippen molar-refractivity contribution in [1.29, 1.82) is 0 Å². The molecule has 5 heteroatoms. The molecule has 2 N–H and O–H groups in total. The minimum atomic E-state index is 0.245. The van der Waals surface area contributed by atoms with Crippen LogP contribution in [-0.4, -0.2) is 21.9 Å². The summed E-state index contributed by atoms with van der Waals surface area (Å²) in [5.74, 6) is 0.245. The predicted molar refractivity (Wildman–Crippen MR) is 64.9 cm³/mol. The monoisotopic (exact) mass is 226 g/mol. The van der Waals surface area contributed by atoms with Gasteiger partial charge in [-0.05, 0) is 36.1 Å². The van der Waals surface area contributed by atoms with Crippen LogP contribution in [0.1, 0.15) is 5.56 Å². The minimum absolute atomic E-state index is 0.245. The first kappa shape index (κ1) is 11.0. The molecule has 0 spiro atoms. The lowest BCUT2D eigenvalue weighted by Gasteiger charge is -1.97. The molecule has 1 aromatic rings. The van der Waals surface area contributed by atoms with Gasteiger partial charge in [-0.25, -0.2) is 0 Å². The van der Waals surface area contributed by atoms with Crippen molar-refractivity contribution in [3.8, 4) is 5.75 Å². The van der Waals surface area contributed by atoms with Gasteiger partial charge in [-0.2, -0.15) is 5.10 Å². The zero-order chi connectivity index (χ0) is 10.4. The van der Waals surface area contributed by atoms with Crippen molar-refractivity contribution in [3.63, 3.8) is 0 Å². The first-order valence-corrected chi connectivity index (χ1v) is 5.51. The van der Waals surface area contributed by atoms with Crippen molar-refractivity contribution in [2.24, 2.45) is 5.10 Å². The first-order chi connectivity index (χ1) is 6.72. The van der Waals surface area contributed by atoms with Crippen LogP contribution in [0.5, 0.6) is 5.75 Å². The molecule has 0 fully saturated rings. The number of nitrogens with zero attached hydrogens (tertiary/aromatic N) is 1. The Hall–Kier alpha value is -1.07. The standard InChI is InChI=1S/C9H10N2OS2/c1-14-9(13)11-10-6-7-2-4-8(12)5-3-7/h2-6,12H,1H3,(H,11,13)/b10-6-. The summed E-state index contributed by atoms with van der Waals surface area (Å²) in [5.41, 5.74) is 3.60. The Kier molecular flexibility index (Phi) is 4.42. The molecule has 0 aliphatic heterocycles. The summed E-state index contributed by atoms with van der Waals surface area (Å²) in [4.78, 5) is 0. The summed E-state index contributed by atoms with van der Waals surface area (Å²) in [6.45, 7) is 0. The molecule has 0 aromatic heterocycles. The van der Waals surface area contributed by atoms with E-state index in [1.54, 1.807) is 30.5 Å². The number of phenols is 1. The molecule has 14 heavy (non-hydrogen) atoms. The maximum Gasteiger partial charge on any atom is 0.153 e. The van der Waals surface area contributed by atoms with Crippen molar-refractivity contribution in [2.75, 3.05) is 6.26 Å². The van der Waals surface area contributed by atoms with Crippen LogP contribution in [0.3, 0.4) is 0 Å². The van der Waals surface area contributed by atoms with Crippen molar-refractivity contribution < 1.29 is 5.11 Å². The van der Waals surface area contributed by atoms with E-state index in [0.717, 1.165) is 5.56 Å². The summed E-state index contributed by atoms with van der Waals surface area (Å²) >= 11 is 6.32. The molecule has 3 nitrogen and oxygen atoms in total. The van der Waals surface area contributed by atoms with Crippen LogP contribution in [0, 0.1) is 0 Å². The van der Waals surface area contributed by atoms with Gasteiger partial charge in [0.25, 0.3) is 0 Å². The molecule has 1 rings (SSSR count). The zero-order valence-corrected chi connectivity index (χ0v) is 9.23. The van der Waals surface area contributed by atoms with E-state index in [2.05, 4.69) is 10.5 Å². The number of rotatable bonds is 2. The molecule has 0 aliphatic carbocycles. The maximum atomic E-state index is 9.02. The van der Waals surface area contributed by atoms with Crippen molar-refractivity contribution in [2.45, 2.75) is 0 Å². The topological polar surface area (TPSA) is 44.6 Å². The Balaban J connectivity index is 2.52. The molecular weight excluding hydrogens is 216 g/mol. The second-order valence-electron chi connectivity index (χ2n) is 2.45. The van der Waals surface area contributed by atoms with Gasteiger partial charge in [0.15, 0.2) is 4.32 Å². The van der Waals surface area contributed by atoms with Gasteiger partial charge in [0, 0.05) is 0 Å². The predicted octanol–water partition coefficient (Wildman–Crippen LogP) is 1.96. The fourth-order valence-corrected chi connectivity index (χ4v) is 0.962. The molecule has 0 saturated carbocycles. The molecule has 0 heterocycles. The first-order valence-electron chi connectivity index (χ1n) is 3.88. The number of hydrazone groups is 1. The number of thioether (sulfide) groups is 1. The van der Waals surface area contributed by atoms with Gasteiger partial charge in [-0.1, -0.05) is 24.0 Å². The van der Waals surface area contributed by atoms with E-state index in [9.17, 15) is 0 Å². The van der Waals surface area contributed by atoms with Gasteiger partial charge < -0.3 is 5.11 Å². The fraction of sp³-hybridized carbons (Fsp3) is 0.111. The van der Waals surface area contributed by atoms with Crippen LogP contribution in [0.25, 0.3) is 0 Å². The summed E-state index contributed by atoms with van der Waals surface area (Å²) in [6.07, 6.45) is 3.52. The lowest BCUT2D eigenvalue weighted by atomic mass is 10.2. The lowest BCUT2D eigenvalue weighted by molar-refractivity contribution is 0.475. The van der Waals surface area contributed by atoms with Crippen molar-refractivity contribution in [1.82, 2.24) is 5.43 Å². The highest BCUT2D eigenvalue weighted by molar-refractivity contribution is 8.22. The van der Waals surface area contributed by atoms with Crippen LogP contribution in [0.15, 0.2) is 29.4 Å². The lowest BCUT2D eigenvalue weighted by Crippen LogP contribution is -2.09. The Bertz CT molecular complexity index is 335. The summed E-state index contributed by atoms with van der Waals surface area (Å²) in [6, 6.07) is 6.74. The normalized spacial score (nSPS) is 10.4. The average molecular weight is 226 g/mol. The number of thiocarbonyl (C=S) groups is 1. The Morgan fingerprint density at radius 2 is 2.14 bits per heavy atom. The van der Waals surface area contributed by atoms with Gasteiger partial charge in [0.1, 0.15) is 5.75 Å². The smallest absolute Gasteiger partial charge is 0.153 e. The third-order valence-corrected chi connectivity index (χ3v) is 2.50. The number of hydrogen-bond acceptors (Lipinski definition) is 4. The fourth-order valence-electron chi connectivity index (χ4n) is 0.766. The Morgan fingerprint density at radius 1 is 1.50 bits per heavy atom. The van der Waals surface area contributed by atoms with Gasteiger partial charge >= 0.3 is 0 Å². The summed E-state index contributed by atoms with van der Waals surface area (Å²) in [7, 11) is 0. The van der Waals surface area contributed by atoms with Gasteiger partial charge in [0.2, 0.25) is 0 Å². The third-order valence-electron chi connectivity index (χ3n) is 1.45. The number of hydrogen-bond donors (Lipinski definition) is 2. The number of phenolic OH excluding ortho intramolecular Hbond substituents is 1. The van der Waals surface area contributed by atoms with Gasteiger partial charge in [-0.15, -0.1) is 0 Å². The van der Waals surface area contributed by atoms with Gasteiger partial charge in [0.05, 0.1) is 6.21 Å². The molecular formula is C9H10N2OS2. The number of nitrogens with one attached hydrogen (secondary N) is 1. The van der Waals surface area contributed by atoms with Crippen LogP contribution >= 0.6 is 24.0 Å². The molecule has 0 radical (unpaired) electrons. The van der Waals surface area contributed by atoms with E-state index < -0.39 is 0 Å². The van der Waals surface area contributed by atoms with E-state index in [0.29, 0.717) is 4.32 Å². The Labute approximate surface area is 92.2 Å². The molecule has 0 bridgehead atoms. The maximum absolute atomic E-state index is 9.02. The molecule has 0 saturated heterocycles. The van der Waals surface area contributed by atoms with E-state index in [1.807, 2.05) is 6.26 Å². The second kappa shape index (κ2) is 5.62. The van der Waals surface area contributed by atoms with E-state index in [-0.39, 0.29) is 5.75 Å². The second-order valence-corrected chi connectivity index (χ2v) is 3.94. The third kappa shape index (κ3) is 3.76. The van der Waals surface area contributed by atoms with Crippen LogP contribution in [0.4, 0.5) is 0 Å². The van der Waals surface area contributed by atoms with Crippen LogP contribution in [0.2, 0.25) is 0 Å². The highest BCUT2D eigenvalue weighted by Gasteiger charge is 1.89. The summed E-state index contributed by atoms with van der Waals surface area (Å²) < 4.78 is 0.625. The van der Waals surface area contributed by atoms with E-state index >= 15 is 0 Å². The Morgan fingerprint density at radius 3 is 2.71 bits per heavy atom. The minimum Gasteiger partial charge on any atom is -0.508 e. The molecule has 0 unspecified atom stereocenters. The van der Waals surface area contributed by atoms with Crippen LogP contribution in [-0.2, 0) is 0 Å². The van der Waals surface area contributed by atoms with Crippen molar-refractivity contribution >= 4 is 34.5 Å².